The number of aromatic hydroxyl groups is 2. The average molecular weight is 397 g/mol. The Hall–Kier alpha value is -1.69. The van der Waals surface area contributed by atoms with Crippen molar-refractivity contribution in [2.24, 2.45) is 0 Å². The fraction of sp³-hybridized carbons (Fsp3) is 0.619. The largest absolute Gasteiger partial charge is 0.504 e. The summed E-state index contributed by atoms with van der Waals surface area (Å²) in [5.74, 6) is 0.205. The van der Waals surface area contributed by atoms with Crippen molar-refractivity contribution in [3.8, 4) is 11.5 Å². The van der Waals surface area contributed by atoms with E-state index in [0.29, 0.717) is 17.7 Å². The Morgan fingerprint density at radius 1 is 1.00 bits per heavy atom. The summed E-state index contributed by atoms with van der Waals surface area (Å²) in [7, 11) is 0. The van der Waals surface area contributed by atoms with Gasteiger partial charge in [0.15, 0.2) is 10.9 Å². The summed E-state index contributed by atoms with van der Waals surface area (Å²) in [5.41, 5.74) is 0.725. The second-order valence-electron chi connectivity index (χ2n) is 6.95. The zero-order valence-electron chi connectivity index (χ0n) is 16.7. The fourth-order valence-corrected chi connectivity index (χ4v) is 3.45. The highest BCUT2D eigenvalue weighted by Crippen LogP contribution is 2.27. The molecule has 2 N–H and O–H groups in total. The molecular formula is C21H32O5S. The van der Waals surface area contributed by atoms with Crippen LogP contribution in [0.1, 0.15) is 76.5 Å². The summed E-state index contributed by atoms with van der Waals surface area (Å²) in [6.07, 6.45) is 11.8. The van der Waals surface area contributed by atoms with Crippen molar-refractivity contribution in [3.05, 3.63) is 33.4 Å². The Morgan fingerprint density at radius 3 is 2.22 bits per heavy atom. The Morgan fingerprint density at radius 2 is 1.59 bits per heavy atom. The molecular weight excluding hydrogens is 364 g/mol. The number of unbranched alkanes of at least 4 members (excludes halogenated alkanes) is 6. The van der Waals surface area contributed by atoms with Gasteiger partial charge in [0.05, 0.1) is 0 Å². The fourth-order valence-electron chi connectivity index (χ4n) is 2.81. The van der Waals surface area contributed by atoms with Crippen molar-refractivity contribution in [2.45, 2.75) is 78.6 Å². The molecule has 0 fully saturated rings. The van der Waals surface area contributed by atoms with E-state index in [4.69, 9.17) is 4.42 Å². The van der Waals surface area contributed by atoms with Gasteiger partial charge in [-0.25, -0.2) is 4.79 Å². The van der Waals surface area contributed by atoms with E-state index in [1.54, 1.807) is 13.8 Å². The SMILES string of the molecule is CC(=O)SCCCCCCCCC/C(C)=C/Cc1oc(=O)c(O)c(O)c1C. The van der Waals surface area contributed by atoms with E-state index in [2.05, 4.69) is 6.92 Å². The van der Waals surface area contributed by atoms with E-state index in [1.807, 2.05) is 6.08 Å². The van der Waals surface area contributed by atoms with E-state index in [9.17, 15) is 19.8 Å². The number of rotatable bonds is 12. The maximum atomic E-state index is 11.4. The van der Waals surface area contributed by atoms with Crippen LogP contribution in [0.5, 0.6) is 11.5 Å². The normalized spacial score (nSPS) is 11.7. The second-order valence-corrected chi connectivity index (χ2v) is 8.23. The molecule has 0 aliphatic rings. The van der Waals surface area contributed by atoms with Crippen LogP contribution in [0.2, 0.25) is 0 Å². The van der Waals surface area contributed by atoms with Crippen molar-refractivity contribution in [1.82, 2.24) is 0 Å². The van der Waals surface area contributed by atoms with E-state index in [1.165, 1.54) is 49.4 Å². The summed E-state index contributed by atoms with van der Waals surface area (Å²) in [5, 5.41) is 19.3. The number of allylic oxidation sites excluding steroid dienone is 2. The average Bonchev–Trinajstić information content (AvgIpc) is 2.63. The zero-order chi connectivity index (χ0) is 20.2. The van der Waals surface area contributed by atoms with E-state index in [-0.39, 0.29) is 5.12 Å². The van der Waals surface area contributed by atoms with Crippen molar-refractivity contribution in [3.63, 3.8) is 0 Å². The quantitative estimate of drug-likeness (QED) is 0.371. The number of hydrogen-bond donors (Lipinski definition) is 2. The third-order valence-corrected chi connectivity index (χ3v) is 5.46. The Kier molecular flexibility index (Phi) is 10.9. The lowest BCUT2D eigenvalue weighted by Crippen LogP contribution is -2.03. The van der Waals surface area contributed by atoms with Gasteiger partial charge in [0.2, 0.25) is 5.75 Å². The van der Waals surface area contributed by atoms with Gasteiger partial charge in [-0.3, -0.25) is 4.79 Å². The van der Waals surface area contributed by atoms with Gasteiger partial charge in [-0.1, -0.05) is 55.5 Å². The van der Waals surface area contributed by atoms with E-state index >= 15 is 0 Å². The van der Waals surface area contributed by atoms with Crippen molar-refractivity contribution in [2.75, 3.05) is 5.75 Å². The Bertz CT molecular complexity index is 691. The topological polar surface area (TPSA) is 87.7 Å². The molecule has 1 aromatic rings. The van der Waals surface area contributed by atoms with Gasteiger partial charge < -0.3 is 14.6 Å². The first-order valence-electron chi connectivity index (χ1n) is 9.66. The molecule has 0 aliphatic carbocycles. The first-order chi connectivity index (χ1) is 12.8. The summed E-state index contributed by atoms with van der Waals surface area (Å²) in [4.78, 5) is 22.2. The second kappa shape index (κ2) is 12.7. The van der Waals surface area contributed by atoms with Gasteiger partial charge in [0.25, 0.3) is 0 Å². The third kappa shape index (κ3) is 9.18. The minimum absolute atomic E-state index is 0.206. The van der Waals surface area contributed by atoms with E-state index < -0.39 is 17.1 Å². The number of thioether (sulfide) groups is 1. The highest BCUT2D eigenvalue weighted by molar-refractivity contribution is 8.13. The van der Waals surface area contributed by atoms with Crippen LogP contribution in [0.25, 0.3) is 0 Å². The van der Waals surface area contributed by atoms with Gasteiger partial charge in [0.1, 0.15) is 5.76 Å². The third-order valence-electron chi connectivity index (χ3n) is 4.56. The summed E-state index contributed by atoms with van der Waals surface area (Å²) in [6, 6.07) is 0. The van der Waals surface area contributed by atoms with Gasteiger partial charge in [-0.15, -0.1) is 0 Å². The smallest absolute Gasteiger partial charge is 0.382 e. The van der Waals surface area contributed by atoms with Gasteiger partial charge in [-0.2, -0.15) is 0 Å². The molecule has 0 saturated carbocycles. The zero-order valence-corrected chi connectivity index (χ0v) is 17.5. The van der Waals surface area contributed by atoms with Gasteiger partial charge in [0, 0.05) is 24.7 Å². The lowest BCUT2D eigenvalue weighted by molar-refractivity contribution is -0.109. The molecule has 1 aromatic heterocycles. The van der Waals surface area contributed by atoms with Crippen LogP contribution in [-0.2, 0) is 11.2 Å². The minimum Gasteiger partial charge on any atom is -0.504 e. The van der Waals surface area contributed by atoms with Gasteiger partial charge in [-0.05, 0) is 33.1 Å². The standard InChI is InChI=1S/C21H32O5S/c1-15(11-9-7-5-4-6-8-10-14-27-17(3)22)12-13-18-16(2)19(23)20(24)21(25)26-18/h12,23-24H,4-11,13-14H2,1-3H3/b15-12+. The number of carbonyl (C=O) groups excluding carboxylic acids is 1. The van der Waals surface area contributed by atoms with Crippen LogP contribution < -0.4 is 5.63 Å². The minimum atomic E-state index is -0.904. The highest BCUT2D eigenvalue weighted by atomic mass is 32.2. The van der Waals surface area contributed by atoms with Crippen molar-refractivity contribution >= 4 is 16.9 Å². The number of hydrogen-bond acceptors (Lipinski definition) is 6. The maximum Gasteiger partial charge on any atom is 0.382 e. The first kappa shape index (κ1) is 23.3. The van der Waals surface area contributed by atoms with Crippen molar-refractivity contribution < 1.29 is 19.4 Å². The molecule has 0 aliphatic heterocycles. The molecule has 0 bridgehead atoms. The van der Waals surface area contributed by atoms with Crippen LogP contribution >= 0.6 is 11.8 Å². The number of carbonyl (C=O) groups is 1. The van der Waals surface area contributed by atoms with E-state index in [0.717, 1.165) is 25.0 Å². The molecule has 0 atom stereocenters. The van der Waals surface area contributed by atoms with Crippen LogP contribution in [-0.4, -0.2) is 21.1 Å². The molecule has 27 heavy (non-hydrogen) atoms. The molecule has 0 radical (unpaired) electrons. The summed E-state index contributed by atoms with van der Waals surface area (Å²) >= 11 is 1.42. The predicted molar refractivity (Wildman–Crippen MR) is 111 cm³/mol. The maximum absolute atomic E-state index is 11.4. The monoisotopic (exact) mass is 396 g/mol. The summed E-state index contributed by atoms with van der Waals surface area (Å²) in [6.45, 7) is 5.29. The molecule has 0 saturated heterocycles. The molecule has 0 unspecified atom stereocenters. The molecule has 1 heterocycles. The lowest BCUT2D eigenvalue weighted by Gasteiger charge is -2.06. The molecule has 1 rings (SSSR count). The predicted octanol–water partition coefficient (Wildman–Crippen LogP) is 5.25. The molecule has 0 amide bonds. The highest BCUT2D eigenvalue weighted by Gasteiger charge is 2.14. The van der Waals surface area contributed by atoms with Crippen molar-refractivity contribution in [1.29, 1.82) is 0 Å². The summed E-state index contributed by atoms with van der Waals surface area (Å²) < 4.78 is 5.05. The first-order valence-corrected chi connectivity index (χ1v) is 10.6. The van der Waals surface area contributed by atoms with Crippen LogP contribution in [0.15, 0.2) is 20.9 Å². The molecule has 0 aromatic carbocycles. The molecule has 152 valence electrons. The van der Waals surface area contributed by atoms with Gasteiger partial charge >= 0.3 is 5.63 Å². The lowest BCUT2D eigenvalue weighted by atomic mass is 10.0. The molecule has 5 nitrogen and oxygen atoms in total. The van der Waals surface area contributed by atoms with Crippen LogP contribution in [0, 0.1) is 6.92 Å². The Balaban J connectivity index is 2.20. The Labute approximate surface area is 165 Å². The molecule has 0 spiro atoms. The molecule has 6 heteroatoms. The van der Waals surface area contributed by atoms with Crippen LogP contribution in [0.4, 0.5) is 0 Å². The van der Waals surface area contributed by atoms with Crippen LogP contribution in [0.3, 0.4) is 0 Å².